The molecule has 1 unspecified atom stereocenters. The van der Waals surface area contributed by atoms with Crippen LogP contribution >= 0.6 is 22.6 Å². The number of hydrogen-bond donors (Lipinski definition) is 1. The topological polar surface area (TPSA) is 71.4 Å². The molecule has 16 heavy (non-hydrogen) atoms. The maximum atomic E-state index is 11.9. The Kier molecular flexibility index (Phi) is 4.31. The van der Waals surface area contributed by atoms with E-state index in [1.807, 2.05) is 6.92 Å². The number of aryl methyl sites for hydroxylation is 1. The van der Waals surface area contributed by atoms with Gasteiger partial charge in [-0.3, -0.25) is 4.79 Å². The van der Waals surface area contributed by atoms with E-state index in [1.54, 1.807) is 34.7 Å². The summed E-state index contributed by atoms with van der Waals surface area (Å²) in [5, 5.41) is 8.57. The zero-order chi connectivity index (χ0) is 12.3. The number of sulfone groups is 1. The fourth-order valence-corrected chi connectivity index (χ4v) is 3.55. The summed E-state index contributed by atoms with van der Waals surface area (Å²) in [6, 6.07) is 6.38. The number of rotatable bonds is 4. The smallest absolute Gasteiger partial charge is 0.305 e. The van der Waals surface area contributed by atoms with Gasteiger partial charge >= 0.3 is 5.97 Å². The Morgan fingerprint density at radius 1 is 1.38 bits per heavy atom. The lowest BCUT2D eigenvalue weighted by atomic mass is 10.2. The molecule has 0 aliphatic heterocycles. The van der Waals surface area contributed by atoms with Crippen molar-refractivity contribution >= 4 is 38.4 Å². The number of carboxylic acid groups (broad SMARTS) is 1. The number of carbonyl (C=O) groups is 1. The van der Waals surface area contributed by atoms with E-state index in [-0.39, 0.29) is 4.90 Å². The van der Waals surface area contributed by atoms with Crippen molar-refractivity contribution in [3.8, 4) is 0 Å². The first-order valence-corrected chi connectivity index (χ1v) is 7.29. The van der Waals surface area contributed by atoms with E-state index in [0.29, 0.717) is 0 Å². The maximum Gasteiger partial charge on any atom is 0.305 e. The molecular weight excluding hydrogens is 343 g/mol. The van der Waals surface area contributed by atoms with E-state index in [1.165, 1.54) is 12.1 Å². The second-order valence-corrected chi connectivity index (χ2v) is 7.85. The molecule has 0 aliphatic carbocycles. The first kappa shape index (κ1) is 13.4. The summed E-state index contributed by atoms with van der Waals surface area (Å²) in [6.45, 7) is 1.86. The van der Waals surface area contributed by atoms with Crippen LogP contribution in [0.1, 0.15) is 12.0 Å². The second kappa shape index (κ2) is 5.13. The summed E-state index contributed by atoms with van der Waals surface area (Å²) < 4.78 is 22.9. The number of benzene rings is 1. The average molecular weight is 354 g/mol. The Morgan fingerprint density at radius 2 is 1.88 bits per heavy atom. The molecule has 4 nitrogen and oxygen atoms in total. The average Bonchev–Trinajstić information content (AvgIpc) is 2.17. The van der Waals surface area contributed by atoms with Crippen LogP contribution in [0, 0.1) is 6.92 Å². The summed E-state index contributed by atoms with van der Waals surface area (Å²) >= 11 is 1.64. The third-order valence-corrected chi connectivity index (χ3v) is 6.24. The van der Waals surface area contributed by atoms with Crippen LogP contribution in [0.25, 0.3) is 0 Å². The van der Waals surface area contributed by atoms with Gasteiger partial charge in [-0.2, -0.15) is 0 Å². The molecule has 0 saturated carbocycles. The quantitative estimate of drug-likeness (QED) is 0.663. The van der Waals surface area contributed by atoms with Gasteiger partial charge in [-0.1, -0.05) is 40.3 Å². The molecule has 0 bridgehead atoms. The highest BCUT2D eigenvalue weighted by Gasteiger charge is 2.26. The predicted octanol–water partition coefficient (Wildman–Crippen LogP) is 2.00. The molecule has 88 valence electrons. The van der Waals surface area contributed by atoms with Gasteiger partial charge in [0.05, 0.1) is 11.3 Å². The fraction of sp³-hybridized carbons (Fsp3) is 0.300. The molecule has 1 aromatic rings. The monoisotopic (exact) mass is 354 g/mol. The Hall–Kier alpha value is -0.630. The van der Waals surface area contributed by atoms with Crippen LogP contribution in [-0.2, 0) is 14.6 Å². The van der Waals surface area contributed by atoms with Crippen molar-refractivity contribution < 1.29 is 18.3 Å². The summed E-state index contributed by atoms with van der Waals surface area (Å²) in [4.78, 5) is 10.6. The molecule has 1 N–H and O–H groups in total. The van der Waals surface area contributed by atoms with Crippen molar-refractivity contribution in [2.75, 3.05) is 0 Å². The molecule has 0 aromatic heterocycles. The molecule has 6 heteroatoms. The summed E-state index contributed by atoms with van der Waals surface area (Å²) in [6.07, 6.45) is -0.392. The predicted molar refractivity (Wildman–Crippen MR) is 68.4 cm³/mol. The molecule has 0 saturated heterocycles. The SMILES string of the molecule is Cc1ccc(S(=O)(=O)C(I)CC(=O)O)cc1. The third-order valence-electron chi connectivity index (χ3n) is 2.02. The number of alkyl halides is 1. The van der Waals surface area contributed by atoms with Crippen molar-refractivity contribution in [2.24, 2.45) is 0 Å². The highest BCUT2D eigenvalue weighted by atomic mass is 127. The second-order valence-electron chi connectivity index (χ2n) is 3.37. The standard InChI is InChI=1S/C10H11IO4S/c1-7-2-4-8(5-3-7)16(14,15)9(11)6-10(12)13/h2-5,9H,6H2,1H3,(H,12,13). The van der Waals surface area contributed by atoms with Crippen molar-refractivity contribution in [2.45, 2.75) is 21.5 Å². The van der Waals surface area contributed by atoms with E-state index >= 15 is 0 Å². The largest absolute Gasteiger partial charge is 0.481 e. The first-order chi connectivity index (χ1) is 7.34. The molecule has 0 amide bonds. The van der Waals surface area contributed by atoms with Crippen molar-refractivity contribution in [3.05, 3.63) is 29.8 Å². The van der Waals surface area contributed by atoms with Crippen molar-refractivity contribution in [1.29, 1.82) is 0 Å². The highest BCUT2D eigenvalue weighted by molar-refractivity contribution is 14.1. The molecule has 0 fully saturated rings. The van der Waals surface area contributed by atoms with Crippen molar-refractivity contribution in [1.82, 2.24) is 0 Å². The van der Waals surface area contributed by atoms with Crippen LogP contribution in [0.4, 0.5) is 0 Å². The van der Waals surface area contributed by atoms with E-state index < -0.39 is 25.5 Å². The lowest BCUT2D eigenvalue weighted by Crippen LogP contribution is -2.18. The molecule has 1 atom stereocenters. The number of halogens is 1. The van der Waals surface area contributed by atoms with Crippen LogP contribution in [0.3, 0.4) is 0 Å². The summed E-state index contributed by atoms with van der Waals surface area (Å²) in [5.74, 6) is -1.12. The molecule has 0 radical (unpaired) electrons. The maximum absolute atomic E-state index is 11.9. The van der Waals surface area contributed by atoms with Gasteiger partial charge in [0.15, 0.2) is 9.84 Å². The number of carboxylic acids is 1. The van der Waals surface area contributed by atoms with Gasteiger partial charge in [0, 0.05) is 0 Å². The minimum atomic E-state index is -3.54. The van der Waals surface area contributed by atoms with Crippen LogP contribution in [0.2, 0.25) is 0 Å². The molecular formula is C10H11IO4S. The van der Waals surface area contributed by atoms with Crippen LogP contribution in [-0.4, -0.2) is 22.8 Å². The normalized spacial score (nSPS) is 13.4. The molecule has 0 aliphatic rings. The first-order valence-electron chi connectivity index (χ1n) is 4.50. The van der Waals surface area contributed by atoms with Crippen LogP contribution in [0.5, 0.6) is 0 Å². The van der Waals surface area contributed by atoms with E-state index in [9.17, 15) is 13.2 Å². The Balaban J connectivity index is 3.02. The van der Waals surface area contributed by atoms with Gasteiger partial charge in [-0.15, -0.1) is 0 Å². The molecule has 0 heterocycles. The summed E-state index contributed by atoms with van der Waals surface area (Å²) in [5.41, 5.74) is 0.960. The Bertz CT molecular complexity index is 478. The molecule has 1 aromatic carbocycles. The minimum Gasteiger partial charge on any atom is -0.481 e. The summed E-state index contributed by atoms with van der Waals surface area (Å²) in [7, 11) is -3.54. The van der Waals surface area contributed by atoms with Gasteiger partial charge in [0.1, 0.15) is 3.26 Å². The van der Waals surface area contributed by atoms with Gasteiger partial charge in [-0.05, 0) is 19.1 Å². The molecule has 1 rings (SSSR count). The van der Waals surface area contributed by atoms with Crippen molar-refractivity contribution in [3.63, 3.8) is 0 Å². The van der Waals surface area contributed by atoms with Crippen LogP contribution < -0.4 is 0 Å². The van der Waals surface area contributed by atoms with Gasteiger partial charge in [-0.25, -0.2) is 8.42 Å². The van der Waals surface area contributed by atoms with Crippen LogP contribution in [0.15, 0.2) is 29.2 Å². The van der Waals surface area contributed by atoms with Gasteiger partial charge < -0.3 is 5.11 Å². The fourth-order valence-electron chi connectivity index (χ4n) is 1.12. The zero-order valence-corrected chi connectivity index (χ0v) is 11.5. The van der Waals surface area contributed by atoms with E-state index in [4.69, 9.17) is 5.11 Å². The number of hydrogen-bond acceptors (Lipinski definition) is 3. The zero-order valence-electron chi connectivity index (χ0n) is 8.55. The number of aliphatic carboxylic acids is 1. The third kappa shape index (κ3) is 3.18. The Labute approximate surface area is 108 Å². The lowest BCUT2D eigenvalue weighted by molar-refractivity contribution is -0.136. The van der Waals surface area contributed by atoms with E-state index in [2.05, 4.69) is 0 Å². The van der Waals surface area contributed by atoms with E-state index in [0.717, 1.165) is 5.56 Å². The molecule has 0 spiro atoms. The Morgan fingerprint density at radius 3 is 2.31 bits per heavy atom. The highest BCUT2D eigenvalue weighted by Crippen LogP contribution is 2.23. The van der Waals surface area contributed by atoms with Gasteiger partial charge in [0.2, 0.25) is 0 Å². The lowest BCUT2D eigenvalue weighted by Gasteiger charge is -2.09. The van der Waals surface area contributed by atoms with Gasteiger partial charge in [0.25, 0.3) is 0 Å². The minimum absolute atomic E-state index is 0.166.